The number of fused-ring (bicyclic) bond motifs is 36. The van der Waals surface area contributed by atoms with Gasteiger partial charge in [0.15, 0.2) is 0 Å². The van der Waals surface area contributed by atoms with E-state index in [-0.39, 0.29) is 0 Å². The Labute approximate surface area is 825 Å². The predicted octanol–water partition coefficient (Wildman–Crippen LogP) is 18.8. The van der Waals surface area contributed by atoms with Gasteiger partial charge in [-0.1, -0.05) is 209 Å². The number of rotatable bonds is 0. The van der Waals surface area contributed by atoms with Crippen LogP contribution < -0.4 is 32.9 Å². The van der Waals surface area contributed by atoms with Crippen LogP contribution >= 0.6 is 0 Å². The molecule has 0 radical (unpaired) electrons. The fourth-order valence-corrected chi connectivity index (χ4v) is 26.5. The molecule has 3 spiro atoms. The maximum Gasteiger partial charge on any atom is 0.404 e. The number of hydrogen-bond donors (Lipinski definition) is 0. The number of aliphatic imine (C=N–C) groups is 6. The lowest BCUT2D eigenvalue weighted by atomic mass is 9.97. The Hall–Kier alpha value is -17.3. The largest absolute Gasteiger partial charge is 0.404 e. The van der Waals surface area contributed by atoms with E-state index in [1.807, 2.05) is 41.5 Å². The van der Waals surface area contributed by atoms with E-state index >= 15 is 0 Å². The molecule has 3 unspecified atom stereocenters. The molecule has 144 heavy (non-hydrogen) atoms. The van der Waals surface area contributed by atoms with E-state index in [2.05, 4.69) is 359 Å². The molecular weight excluding hydrogens is 1780 g/mol. The van der Waals surface area contributed by atoms with Crippen LogP contribution in [0.2, 0.25) is 0 Å². The van der Waals surface area contributed by atoms with Crippen molar-refractivity contribution in [1.29, 1.82) is 0 Å². The van der Waals surface area contributed by atoms with Crippen molar-refractivity contribution in [2.24, 2.45) is 59.9 Å². The van der Waals surface area contributed by atoms with Gasteiger partial charge >= 0.3 is 17.7 Å². The van der Waals surface area contributed by atoms with E-state index in [9.17, 15) is 0 Å². The molecular formula is C120H96N24+6. The molecule has 0 fully saturated rings. The molecule has 690 valence electrons. The zero-order chi connectivity index (χ0) is 97.6. The van der Waals surface area contributed by atoms with E-state index in [4.69, 9.17) is 59.9 Å². The van der Waals surface area contributed by atoms with Gasteiger partial charge < -0.3 is 0 Å². The minimum absolute atomic E-state index is 0.899. The van der Waals surface area contributed by atoms with Crippen molar-refractivity contribution in [3.05, 3.63) is 383 Å². The third-order valence-electron chi connectivity index (χ3n) is 33.0. The fourth-order valence-electron chi connectivity index (χ4n) is 26.5. The molecule has 0 N–H and O–H groups in total. The lowest BCUT2D eigenvalue weighted by Gasteiger charge is -2.40. The molecule has 24 heteroatoms. The van der Waals surface area contributed by atoms with Gasteiger partial charge in [-0.15, -0.1) is 27.5 Å². The van der Waals surface area contributed by atoms with Crippen LogP contribution in [0.15, 0.2) is 260 Å². The summed E-state index contributed by atoms with van der Waals surface area (Å²) in [6.07, 6.45) is 0. The smallest absolute Gasteiger partial charge is 0.192 e. The van der Waals surface area contributed by atoms with E-state index in [0.29, 0.717) is 0 Å². The minimum Gasteiger partial charge on any atom is -0.192 e. The Balaban J connectivity index is 0.0000000962. The SMILES string of the molecule is CC.CC.CC.Cc1ccc2c3n4c(c2c1)=NC1=[N+]2C(=Nc5c6cc(C)c(C)cc6c6n5C42[N+]2=C(N=3)c3cc(C)c(C)cc3C2=N6)c2cc(C)c(C)cc21.Cc1ccc2c3n4c(c2c1)N=C1c2c(C)ccc(C)c2C2=[N+]1C41n4c(c5c(C)ccc(C)c5c4=N2)=NC2=[N+]1C(=N3)c1c(C)ccc(C)c12.Cc1ccc2c3n4c(c2c1)N=C1c2ccccc2C2=[N+]1C41n4c(c5ccccc5c4=N2)=NC2=[N+]1C(=N3)c1ccccc12. The quantitative estimate of drug-likeness (QED) is 0.130. The van der Waals surface area contributed by atoms with Crippen molar-refractivity contribution >= 4 is 170 Å². The van der Waals surface area contributed by atoms with Crippen molar-refractivity contribution in [3.8, 4) is 0 Å². The molecule has 18 aliphatic rings. The molecule has 0 saturated carbocycles. The van der Waals surface area contributed by atoms with Gasteiger partial charge in [0.05, 0.1) is 77.5 Å². The van der Waals surface area contributed by atoms with Gasteiger partial charge in [0.1, 0.15) is 0 Å². The number of benzene rings is 12. The van der Waals surface area contributed by atoms with E-state index in [0.717, 1.165) is 269 Å². The summed E-state index contributed by atoms with van der Waals surface area (Å²) in [5, 5.41) is 13.3. The molecule has 24 nitrogen and oxygen atoms in total. The van der Waals surface area contributed by atoms with Gasteiger partial charge in [-0.2, -0.15) is 27.4 Å². The van der Waals surface area contributed by atoms with Crippen LogP contribution in [0.3, 0.4) is 0 Å². The molecule has 12 aromatic carbocycles. The van der Waals surface area contributed by atoms with Crippen LogP contribution in [0, 0.1) is 104 Å². The Bertz CT molecular complexity index is 10500. The first kappa shape index (κ1) is 81.5. The zero-order valence-electron chi connectivity index (χ0n) is 83.8. The maximum absolute atomic E-state index is 5.67. The topological polar surface area (TPSA) is 196 Å². The summed E-state index contributed by atoms with van der Waals surface area (Å²) in [4.78, 5) is 66.7. The van der Waals surface area contributed by atoms with Gasteiger partial charge in [0.25, 0.3) is 70.0 Å². The normalized spacial score (nSPS) is 19.2. The van der Waals surface area contributed by atoms with Crippen molar-refractivity contribution in [2.45, 2.75) is 163 Å². The summed E-state index contributed by atoms with van der Waals surface area (Å²) in [5.41, 5.74) is 37.1. The van der Waals surface area contributed by atoms with Crippen molar-refractivity contribution in [1.82, 2.24) is 27.4 Å². The van der Waals surface area contributed by atoms with Crippen LogP contribution in [-0.4, -0.2) is 125 Å². The number of hydrogen-bond acceptors (Lipinski definition) is 12. The number of aromatic nitrogens is 6. The summed E-state index contributed by atoms with van der Waals surface area (Å²) in [6, 6.07) is 72.7. The molecule has 24 heterocycles. The Morgan fingerprint density at radius 3 is 0.819 bits per heavy atom. The highest BCUT2D eigenvalue weighted by atomic mass is 15.7. The summed E-state index contributed by atoms with van der Waals surface area (Å²) in [5.74, 6) is 13.6. The third kappa shape index (κ3) is 8.80. The number of amidine groups is 12. The van der Waals surface area contributed by atoms with Gasteiger partial charge in [-0.25, -0.2) is 0 Å². The van der Waals surface area contributed by atoms with Gasteiger partial charge in [-0.05, 0) is 280 Å². The monoisotopic (exact) mass is 1870 g/mol. The summed E-state index contributed by atoms with van der Waals surface area (Å²) < 4.78 is 28.6. The average Bonchev–Trinajstić information content (AvgIpc) is 1.47. The van der Waals surface area contributed by atoms with E-state index in [1.165, 1.54) is 83.5 Å². The highest BCUT2D eigenvalue weighted by Gasteiger charge is 2.75. The molecule has 18 aliphatic heterocycles. The van der Waals surface area contributed by atoms with Gasteiger partial charge in [0.2, 0.25) is 67.8 Å². The first-order valence-electron chi connectivity index (χ1n) is 50.6. The number of nitrogens with zero attached hydrogens (tertiary/aromatic N) is 24. The van der Waals surface area contributed by atoms with E-state index in [1.54, 1.807) is 0 Å². The highest BCUT2D eigenvalue weighted by Crippen LogP contribution is 2.59. The molecule has 0 bridgehead atoms. The van der Waals surface area contributed by atoms with E-state index < -0.39 is 17.7 Å². The Morgan fingerprint density at radius 2 is 0.438 bits per heavy atom. The average molecular weight is 1870 g/mol. The van der Waals surface area contributed by atoms with Crippen LogP contribution in [0.4, 0.5) is 34.9 Å². The van der Waals surface area contributed by atoms with Crippen molar-refractivity contribution in [3.63, 3.8) is 0 Å². The molecule has 0 aliphatic carbocycles. The van der Waals surface area contributed by atoms with Gasteiger partial charge in [-0.3, -0.25) is 0 Å². The van der Waals surface area contributed by atoms with Crippen LogP contribution in [0.25, 0.3) is 64.6 Å². The van der Waals surface area contributed by atoms with Crippen LogP contribution in [0.5, 0.6) is 0 Å². The van der Waals surface area contributed by atoms with Gasteiger partial charge in [0, 0.05) is 53.9 Å². The molecule has 0 amide bonds. The van der Waals surface area contributed by atoms with Crippen molar-refractivity contribution in [2.75, 3.05) is 0 Å². The standard InChI is InChI=1S/2C40H30N8.C34H18N8.3C2H6/c1-17-8-15-24-25(16-17)33-42-35-27-19(3)10-12-21(5)29(27)37-44-39-31-23(7)14-13-22(6)30(31)38-43-36-28-20(4)11-9-18(2)26(28)34-41-32(24)45(33)40(46(34)36,47(35)37)48(38)39;1-17-8-9-24-25(10-17)33-42-35-28-13-20(4)21(5)14-29(28)37-44-39-31-16-23(7)22(6)15-30(31)38-43-36-27-12-19(3)18(2)11-26(27)34-41-32(24)45(33)40(46(34)36,47(35)37)48(38)39;1-17-14-15-24-25(16-17)33-38-31-23-13-7-6-12-22(23)29-36-27-19-9-3-2-8-18(19)26-35-28-20-10-4-5-11-21(20)30-37-32(24)42(33)34(39(26)27,40(28)30)41(29)31;3*1-2/h2*8-16H,1-7H3;2-16H,1H3;3*1-2H3/q3*+2;;;. The minimum atomic E-state index is -0.974. The lowest BCUT2D eigenvalue weighted by Crippen LogP contribution is -2.71. The summed E-state index contributed by atoms with van der Waals surface area (Å²) in [7, 11) is 0. The number of aryl methyl sites for hydroxylation is 15. The van der Waals surface area contributed by atoms with Crippen molar-refractivity contribution < 1.29 is 27.5 Å². The first-order valence-corrected chi connectivity index (χ1v) is 50.6. The molecule has 3 atom stereocenters. The maximum atomic E-state index is 5.67. The Morgan fingerprint density at radius 1 is 0.181 bits per heavy atom. The first-order chi connectivity index (χ1) is 70.1. The highest BCUT2D eigenvalue weighted by molar-refractivity contribution is 6.26. The summed E-state index contributed by atoms with van der Waals surface area (Å²) in [6.45, 7) is 44.8. The molecule has 18 aromatic rings. The second-order valence-corrected chi connectivity index (χ2v) is 40.5. The molecule has 36 rings (SSSR count). The molecule has 6 aromatic heterocycles. The second kappa shape index (κ2) is 26.7. The van der Waals surface area contributed by atoms with Crippen LogP contribution in [0.1, 0.15) is 192 Å². The summed E-state index contributed by atoms with van der Waals surface area (Å²) >= 11 is 0. The predicted molar refractivity (Wildman–Crippen MR) is 566 cm³/mol. The lowest BCUT2D eigenvalue weighted by molar-refractivity contribution is -0.791. The molecule has 0 saturated heterocycles. The Kier molecular flexibility index (Phi) is 15.1. The second-order valence-electron chi connectivity index (χ2n) is 40.5. The van der Waals surface area contributed by atoms with Crippen LogP contribution in [-0.2, 0) is 17.7 Å². The third-order valence-corrected chi connectivity index (χ3v) is 33.0. The fraction of sp³-hybridized carbons (Fsp3) is 0.200. The zero-order valence-corrected chi connectivity index (χ0v) is 83.8.